The zero-order chi connectivity index (χ0) is 12.8. The number of rotatable bonds is 1. The molecule has 1 fully saturated rings. The van der Waals surface area contributed by atoms with E-state index in [1.54, 1.807) is 0 Å². The first-order valence-corrected chi connectivity index (χ1v) is 6.57. The summed E-state index contributed by atoms with van der Waals surface area (Å²) in [5.74, 6) is 0.844. The zero-order valence-corrected chi connectivity index (χ0v) is 11.2. The normalized spacial score (nSPS) is 16.3. The molecule has 0 amide bonds. The Morgan fingerprint density at radius 3 is 2.24 bits per heavy atom. The third-order valence-electron chi connectivity index (χ3n) is 3.18. The van der Waals surface area contributed by atoms with Crippen molar-refractivity contribution < 1.29 is 0 Å². The van der Waals surface area contributed by atoms with Crippen LogP contribution in [0.2, 0.25) is 0 Å². The maximum atomic E-state index is 5.97. The summed E-state index contributed by atoms with van der Waals surface area (Å²) in [5, 5.41) is 0. The van der Waals surface area contributed by atoms with Gasteiger partial charge in [0.2, 0.25) is 0 Å². The maximum Gasteiger partial charge on any atom is 0.0601 e. The second kappa shape index (κ2) is 6.38. The molecule has 1 heterocycles. The molecule has 3 nitrogen and oxygen atoms in total. The van der Waals surface area contributed by atoms with E-state index in [1.165, 1.54) is 12.8 Å². The molecule has 0 bridgehead atoms. The third-order valence-corrected chi connectivity index (χ3v) is 3.18. The standard InChI is InChI=1S/C12H19N3.C2H6/c1-9-4-6-15(7-5-9)12-3-2-10(13)8-11(12)14;1-2/h2-3,8-9H,4-7,13-14H2,1H3;1-2H3. The van der Waals surface area contributed by atoms with Crippen LogP contribution in [0.5, 0.6) is 0 Å². The van der Waals surface area contributed by atoms with Crippen molar-refractivity contribution in [3.63, 3.8) is 0 Å². The lowest BCUT2D eigenvalue weighted by atomic mass is 9.98. The van der Waals surface area contributed by atoms with Crippen molar-refractivity contribution in [2.75, 3.05) is 29.5 Å². The molecule has 17 heavy (non-hydrogen) atoms. The molecule has 1 aromatic rings. The van der Waals surface area contributed by atoms with E-state index >= 15 is 0 Å². The number of nitrogens with two attached hydrogens (primary N) is 2. The molecule has 1 aromatic carbocycles. The lowest BCUT2D eigenvalue weighted by Crippen LogP contribution is -2.33. The Morgan fingerprint density at radius 2 is 1.71 bits per heavy atom. The Labute approximate surface area is 105 Å². The Hall–Kier alpha value is -1.38. The Bertz CT molecular complexity index is 341. The van der Waals surface area contributed by atoms with Gasteiger partial charge in [-0.15, -0.1) is 0 Å². The van der Waals surface area contributed by atoms with Crippen molar-refractivity contribution in [2.45, 2.75) is 33.6 Å². The Balaban J connectivity index is 0.000000686. The molecule has 1 aliphatic heterocycles. The van der Waals surface area contributed by atoms with E-state index in [1.807, 2.05) is 32.0 Å². The smallest absolute Gasteiger partial charge is 0.0601 e. The van der Waals surface area contributed by atoms with Gasteiger partial charge in [0.25, 0.3) is 0 Å². The summed E-state index contributed by atoms with van der Waals surface area (Å²) in [6.45, 7) is 8.52. The summed E-state index contributed by atoms with van der Waals surface area (Å²) < 4.78 is 0. The van der Waals surface area contributed by atoms with Crippen molar-refractivity contribution in [1.29, 1.82) is 0 Å². The Kier molecular flexibility index (Phi) is 5.13. The molecule has 0 saturated carbocycles. The molecule has 0 aromatic heterocycles. The fourth-order valence-electron chi connectivity index (χ4n) is 2.11. The largest absolute Gasteiger partial charge is 0.399 e. The maximum absolute atomic E-state index is 5.97. The predicted molar refractivity (Wildman–Crippen MR) is 77.2 cm³/mol. The van der Waals surface area contributed by atoms with Gasteiger partial charge in [-0.25, -0.2) is 0 Å². The first-order chi connectivity index (χ1) is 8.16. The van der Waals surface area contributed by atoms with Gasteiger partial charge in [-0.2, -0.15) is 0 Å². The number of hydrogen-bond acceptors (Lipinski definition) is 3. The molecular weight excluding hydrogens is 210 g/mol. The van der Waals surface area contributed by atoms with E-state index in [0.29, 0.717) is 0 Å². The fraction of sp³-hybridized carbons (Fsp3) is 0.571. The van der Waals surface area contributed by atoms with Crippen LogP contribution in [-0.4, -0.2) is 13.1 Å². The number of benzene rings is 1. The van der Waals surface area contributed by atoms with Crippen LogP contribution in [0.25, 0.3) is 0 Å². The average molecular weight is 235 g/mol. The predicted octanol–water partition coefficient (Wildman–Crippen LogP) is 3.11. The quantitative estimate of drug-likeness (QED) is 0.735. The SMILES string of the molecule is CC.CC1CCN(c2ccc(N)cc2N)CC1. The zero-order valence-electron chi connectivity index (χ0n) is 11.2. The summed E-state index contributed by atoms with van der Waals surface area (Å²) in [5.41, 5.74) is 14.3. The third kappa shape index (κ3) is 3.55. The van der Waals surface area contributed by atoms with Gasteiger partial charge in [-0.05, 0) is 37.0 Å². The van der Waals surface area contributed by atoms with E-state index in [9.17, 15) is 0 Å². The summed E-state index contributed by atoms with van der Waals surface area (Å²) >= 11 is 0. The summed E-state index contributed by atoms with van der Waals surface area (Å²) in [7, 11) is 0. The van der Waals surface area contributed by atoms with E-state index in [4.69, 9.17) is 11.5 Å². The molecular formula is C14H25N3. The molecule has 0 atom stereocenters. The second-order valence-electron chi connectivity index (χ2n) is 4.49. The van der Waals surface area contributed by atoms with Crippen LogP contribution < -0.4 is 16.4 Å². The summed E-state index contributed by atoms with van der Waals surface area (Å²) in [6.07, 6.45) is 2.51. The minimum Gasteiger partial charge on any atom is -0.399 e. The van der Waals surface area contributed by atoms with E-state index < -0.39 is 0 Å². The number of piperidine rings is 1. The number of nitrogens with zero attached hydrogens (tertiary/aromatic N) is 1. The van der Waals surface area contributed by atoms with Gasteiger partial charge in [0.05, 0.1) is 11.4 Å². The van der Waals surface area contributed by atoms with Crippen LogP contribution >= 0.6 is 0 Å². The number of nitrogen functional groups attached to an aromatic ring is 2. The molecule has 96 valence electrons. The number of anilines is 3. The molecule has 1 aliphatic rings. The lowest BCUT2D eigenvalue weighted by Gasteiger charge is -2.32. The average Bonchev–Trinajstić information content (AvgIpc) is 2.33. The van der Waals surface area contributed by atoms with Crippen molar-refractivity contribution in [2.24, 2.45) is 5.92 Å². The van der Waals surface area contributed by atoms with Crippen LogP contribution in [0.15, 0.2) is 18.2 Å². The van der Waals surface area contributed by atoms with Crippen molar-refractivity contribution in [1.82, 2.24) is 0 Å². The van der Waals surface area contributed by atoms with Gasteiger partial charge in [-0.3, -0.25) is 0 Å². The van der Waals surface area contributed by atoms with Crippen LogP contribution in [-0.2, 0) is 0 Å². The molecule has 0 aliphatic carbocycles. The van der Waals surface area contributed by atoms with Gasteiger partial charge >= 0.3 is 0 Å². The van der Waals surface area contributed by atoms with Gasteiger partial charge < -0.3 is 16.4 Å². The first kappa shape index (κ1) is 13.7. The highest BCUT2D eigenvalue weighted by Gasteiger charge is 2.17. The monoisotopic (exact) mass is 235 g/mol. The van der Waals surface area contributed by atoms with Crippen LogP contribution in [0.3, 0.4) is 0 Å². The van der Waals surface area contributed by atoms with E-state index in [2.05, 4.69) is 11.8 Å². The van der Waals surface area contributed by atoms with Gasteiger partial charge in [0, 0.05) is 18.8 Å². The molecule has 0 radical (unpaired) electrons. The van der Waals surface area contributed by atoms with E-state index in [0.717, 1.165) is 36.1 Å². The van der Waals surface area contributed by atoms with E-state index in [-0.39, 0.29) is 0 Å². The Morgan fingerprint density at radius 1 is 1.12 bits per heavy atom. The topological polar surface area (TPSA) is 55.3 Å². The first-order valence-electron chi connectivity index (χ1n) is 6.57. The summed E-state index contributed by atoms with van der Waals surface area (Å²) in [4.78, 5) is 2.36. The molecule has 0 unspecified atom stereocenters. The second-order valence-corrected chi connectivity index (χ2v) is 4.49. The number of hydrogen-bond donors (Lipinski definition) is 2. The van der Waals surface area contributed by atoms with Gasteiger partial charge in [-0.1, -0.05) is 20.8 Å². The summed E-state index contributed by atoms with van der Waals surface area (Å²) in [6, 6.07) is 5.79. The van der Waals surface area contributed by atoms with Crippen LogP contribution in [0.4, 0.5) is 17.1 Å². The molecule has 4 N–H and O–H groups in total. The van der Waals surface area contributed by atoms with Crippen LogP contribution in [0.1, 0.15) is 33.6 Å². The minimum atomic E-state index is 0.738. The van der Waals surface area contributed by atoms with Gasteiger partial charge in [0.15, 0.2) is 0 Å². The highest BCUT2D eigenvalue weighted by molar-refractivity contribution is 5.71. The molecule has 3 heteroatoms. The minimum absolute atomic E-state index is 0.738. The lowest BCUT2D eigenvalue weighted by molar-refractivity contribution is 0.439. The van der Waals surface area contributed by atoms with Crippen LogP contribution in [0, 0.1) is 5.92 Å². The highest BCUT2D eigenvalue weighted by Crippen LogP contribution is 2.29. The van der Waals surface area contributed by atoms with Gasteiger partial charge in [0.1, 0.15) is 0 Å². The van der Waals surface area contributed by atoms with Crippen molar-refractivity contribution >= 4 is 17.1 Å². The fourth-order valence-corrected chi connectivity index (χ4v) is 2.11. The molecule has 1 saturated heterocycles. The molecule has 0 spiro atoms. The van der Waals surface area contributed by atoms with Crippen molar-refractivity contribution in [3.8, 4) is 0 Å². The van der Waals surface area contributed by atoms with Crippen molar-refractivity contribution in [3.05, 3.63) is 18.2 Å². The highest BCUT2D eigenvalue weighted by atomic mass is 15.1. The molecule has 2 rings (SSSR count).